The van der Waals surface area contributed by atoms with Crippen LogP contribution in [0.4, 0.5) is 10.6 Å². The van der Waals surface area contributed by atoms with Gasteiger partial charge in [-0.25, -0.2) is 9.48 Å². The highest BCUT2D eigenvalue weighted by molar-refractivity contribution is 5.88. The van der Waals surface area contributed by atoms with Crippen molar-refractivity contribution in [2.75, 3.05) is 32.0 Å². The molecule has 6 nitrogen and oxygen atoms in total. The number of anilines is 1. The molecule has 1 aromatic rings. The fourth-order valence-corrected chi connectivity index (χ4v) is 2.45. The summed E-state index contributed by atoms with van der Waals surface area (Å²) >= 11 is 0. The van der Waals surface area contributed by atoms with Crippen LogP contribution in [0.5, 0.6) is 0 Å². The fraction of sp³-hybridized carbons (Fsp3) is 0.692. The Morgan fingerprint density at radius 1 is 1.53 bits per heavy atom. The lowest BCUT2D eigenvalue weighted by molar-refractivity contribution is 0.125. The molecule has 0 aliphatic carbocycles. The van der Waals surface area contributed by atoms with Gasteiger partial charge >= 0.3 is 6.03 Å². The van der Waals surface area contributed by atoms with Gasteiger partial charge in [0, 0.05) is 38.3 Å². The Hall–Kier alpha value is -1.56. The van der Waals surface area contributed by atoms with Gasteiger partial charge in [0.1, 0.15) is 5.82 Å². The smallest absolute Gasteiger partial charge is 0.319 e. The Bertz CT molecular complexity index is 430. The minimum absolute atomic E-state index is 0.0292. The Kier molecular flexibility index (Phi) is 4.42. The summed E-state index contributed by atoms with van der Waals surface area (Å²) in [6.07, 6.45) is 2.72. The number of hydrogen-bond acceptors (Lipinski definition) is 3. The molecule has 2 rings (SSSR count). The standard InChI is InChI=1S/C13H23N5O/c1-4-7-18-12(5-6-14-18)15-13(19)17-9-8-16(3)10-11(17)2/h5-6,11H,4,7-10H2,1-3H3,(H,15,19). The maximum atomic E-state index is 12.3. The van der Waals surface area contributed by atoms with Crippen molar-refractivity contribution in [1.82, 2.24) is 19.6 Å². The van der Waals surface area contributed by atoms with E-state index in [1.165, 1.54) is 0 Å². The summed E-state index contributed by atoms with van der Waals surface area (Å²) in [7, 11) is 2.09. The van der Waals surface area contributed by atoms with Crippen molar-refractivity contribution in [3.8, 4) is 0 Å². The summed E-state index contributed by atoms with van der Waals surface area (Å²) in [5.74, 6) is 0.776. The van der Waals surface area contributed by atoms with E-state index in [2.05, 4.69) is 36.2 Å². The largest absolute Gasteiger partial charge is 0.323 e. The van der Waals surface area contributed by atoms with E-state index in [9.17, 15) is 4.79 Å². The van der Waals surface area contributed by atoms with Crippen molar-refractivity contribution in [3.63, 3.8) is 0 Å². The number of carbonyl (C=O) groups is 1. The predicted octanol–water partition coefficient (Wildman–Crippen LogP) is 1.46. The van der Waals surface area contributed by atoms with E-state index in [1.54, 1.807) is 6.20 Å². The van der Waals surface area contributed by atoms with Gasteiger partial charge in [0.25, 0.3) is 0 Å². The van der Waals surface area contributed by atoms with Crippen molar-refractivity contribution < 1.29 is 4.79 Å². The minimum Gasteiger partial charge on any atom is -0.319 e. The van der Waals surface area contributed by atoms with Crippen LogP contribution in [0.15, 0.2) is 12.3 Å². The third-order valence-corrected chi connectivity index (χ3v) is 3.48. The summed E-state index contributed by atoms with van der Waals surface area (Å²) in [5, 5.41) is 7.17. The van der Waals surface area contributed by atoms with Crippen molar-refractivity contribution >= 4 is 11.8 Å². The Morgan fingerprint density at radius 2 is 2.32 bits per heavy atom. The summed E-state index contributed by atoms with van der Waals surface area (Å²) in [4.78, 5) is 16.4. The Morgan fingerprint density at radius 3 is 3.00 bits per heavy atom. The molecule has 0 saturated carbocycles. The van der Waals surface area contributed by atoms with Gasteiger partial charge in [-0.15, -0.1) is 0 Å². The summed E-state index contributed by atoms with van der Waals surface area (Å²) < 4.78 is 1.83. The van der Waals surface area contributed by atoms with Crippen molar-refractivity contribution in [3.05, 3.63) is 12.3 Å². The molecular weight excluding hydrogens is 242 g/mol. The van der Waals surface area contributed by atoms with Gasteiger partial charge in [-0.3, -0.25) is 5.32 Å². The van der Waals surface area contributed by atoms with Crippen LogP contribution in [0.3, 0.4) is 0 Å². The summed E-state index contributed by atoms with van der Waals surface area (Å²) in [5.41, 5.74) is 0. The zero-order valence-electron chi connectivity index (χ0n) is 12.0. The quantitative estimate of drug-likeness (QED) is 0.900. The number of rotatable bonds is 3. The van der Waals surface area contributed by atoms with Crippen LogP contribution in [0, 0.1) is 0 Å². The second kappa shape index (κ2) is 6.06. The lowest BCUT2D eigenvalue weighted by Gasteiger charge is -2.38. The van der Waals surface area contributed by atoms with E-state index >= 15 is 0 Å². The minimum atomic E-state index is -0.0292. The van der Waals surface area contributed by atoms with Crippen LogP contribution < -0.4 is 5.32 Å². The molecule has 1 unspecified atom stereocenters. The number of urea groups is 1. The van der Waals surface area contributed by atoms with Gasteiger partial charge in [0.05, 0.1) is 6.20 Å². The first-order valence-corrected chi connectivity index (χ1v) is 6.89. The van der Waals surface area contributed by atoms with Gasteiger partial charge in [-0.1, -0.05) is 6.92 Å². The highest BCUT2D eigenvalue weighted by Gasteiger charge is 2.26. The first-order valence-electron chi connectivity index (χ1n) is 6.89. The second-order valence-corrected chi connectivity index (χ2v) is 5.17. The van der Waals surface area contributed by atoms with Crippen molar-refractivity contribution in [2.45, 2.75) is 32.9 Å². The third-order valence-electron chi connectivity index (χ3n) is 3.48. The van der Waals surface area contributed by atoms with Crippen LogP contribution >= 0.6 is 0 Å². The average molecular weight is 265 g/mol. The van der Waals surface area contributed by atoms with E-state index in [-0.39, 0.29) is 12.1 Å². The number of aromatic nitrogens is 2. The zero-order valence-corrected chi connectivity index (χ0v) is 12.0. The number of nitrogens with zero attached hydrogens (tertiary/aromatic N) is 4. The van der Waals surface area contributed by atoms with Gasteiger partial charge in [-0.2, -0.15) is 5.10 Å². The summed E-state index contributed by atoms with van der Waals surface area (Å²) in [6.45, 7) is 7.61. The monoisotopic (exact) mass is 265 g/mol. The summed E-state index contributed by atoms with van der Waals surface area (Å²) in [6, 6.07) is 2.05. The number of hydrogen-bond donors (Lipinski definition) is 1. The first-order chi connectivity index (χ1) is 9.11. The van der Waals surface area contributed by atoms with Crippen molar-refractivity contribution in [2.24, 2.45) is 0 Å². The molecule has 106 valence electrons. The molecule has 6 heteroatoms. The van der Waals surface area contributed by atoms with E-state index in [0.29, 0.717) is 0 Å². The van der Waals surface area contributed by atoms with Crippen LogP contribution in [0.2, 0.25) is 0 Å². The molecule has 0 bridgehead atoms. The average Bonchev–Trinajstić information content (AvgIpc) is 2.77. The number of nitrogens with one attached hydrogen (secondary N) is 1. The molecule has 19 heavy (non-hydrogen) atoms. The molecule has 1 saturated heterocycles. The maximum absolute atomic E-state index is 12.3. The molecule has 1 atom stereocenters. The van der Waals surface area contributed by atoms with Gasteiger partial charge in [0.15, 0.2) is 0 Å². The highest BCUT2D eigenvalue weighted by atomic mass is 16.2. The van der Waals surface area contributed by atoms with Gasteiger partial charge in [0.2, 0.25) is 0 Å². The molecule has 2 heterocycles. The number of aryl methyl sites for hydroxylation is 1. The number of piperazine rings is 1. The molecule has 1 aliphatic rings. The van der Waals surface area contributed by atoms with E-state index in [4.69, 9.17) is 0 Å². The van der Waals surface area contributed by atoms with Gasteiger partial charge in [-0.05, 0) is 20.4 Å². The van der Waals surface area contributed by atoms with Crippen molar-refractivity contribution in [1.29, 1.82) is 0 Å². The maximum Gasteiger partial charge on any atom is 0.323 e. The SMILES string of the molecule is CCCn1nccc1NC(=O)N1CCN(C)CC1C. The second-order valence-electron chi connectivity index (χ2n) is 5.17. The van der Waals surface area contributed by atoms with Crippen LogP contribution in [0.25, 0.3) is 0 Å². The molecule has 1 aromatic heterocycles. The van der Waals surface area contributed by atoms with E-state index < -0.39 is 0 Å². The number of likely N-dealkylation sites (N-methyl/N-ethyl adjacent to an activating group) is 1. The van der Waals surface area contributed by atoms with E-state index in [1.807, 2.05) is 15.6 Å². The molecule has 0 aromatic carbocycles. The highest BCUT2D eigenvalue weighted by Crippen LogP contribution is 2.12. The van der Waals surface area contributed by atoms with Crippen LogP contribution in [0.1, 0.15) is 20.3 Å². The number of amides is 2. The lowest BCUT2D eigenvalue weighted by Crippen LogP contribution is -2.54. The predicted molar refractivity (Wildman–Crippen MR) is 75.2 cm³/mol. The molecule has 0 spiro atoms. The molecular formula is C13H23N5O. The molecule has 1 aliphatic heterocycles. The number of carbonyl (C=O) groups excluding carboxylic acids is 1. The third kappa shape index (κ3) is 3.26. The van der Waals surface area contributed by atoms with Crippen LogP contribution in [-0.2, 0) is 6.54 Å². The molecule has 1 fully saturated rings. The Balaban J connectivity index is 1.98. The molecule has 1 N–H and O–H groups in total. The van der Waals surface area contributed by atoms with Gasteiger partial charge < -0.3 is 9.80 Å². The molecule has 0 radical (unpaired) electrons. The first kappa shape index (κ1) is 13.9. The lowest BCUT2D eigenvalue weighted by atomic mass is 10.2. The van der Waals surface area contributed by atoms with E-state index in [0.717, 1.165) is 38.4 Å². The van der Waals surface area contributed by atoms with Crippen LogP contribution in [-0.4, -0.2) is 58.3 Å². The molecule has 2 amide bonds. The Labute approximate surface area is 114 Å². The normalized spacial score (nSPS) is 20.6. The fourth-order valence-electron chi connectivity index (χ4n) is 2.45. The zero-order chi connectivity index (χ0) is 13.8. The topological polar surface area (TPSA) is 53.4 Å².